The van der Waals surface area contributed by atoms with E-state index < -0.39 is 0 Å². The fourth-order valence-electron chi connectivity index (χ4n) is 3.22. The second kappa shape index (κ2) is 9.41. The summed E-state index contributed by atoms with van der Waals surface area (Å²) in [7, 11) is 1.75. The Balaban J connectivity index is 0.00000240. The van der Waals surface area contributed by atoms with Gasteiger partial charge in [-0.3, -0.25) is 9.48 Å². The van der Waals surface area contributed by atoms with Gasteiger partial charge in [0.1, 0.15) is 5.69 Å². The van der Waals surface area contributed by atoms with Crippen LogP contribution in [0, 0.1) is 0 Å². The predicted octanol–water partition coefficient (Wildman–Crippen LogP) is 4.08. The first-order valence-electron chi connectivity index (χ1n) is 9.14. The van der Waals surface area contributed by atoms with Crippen LogP contribution in [0.25, 0.3) is 11.3 Å². The maximum Gasteiger partial charge on any atom is 0.273 e. The van der Waals surface area contributed by atoms with E-state index in [0.717, 1.165) is 29.9 Å². The Labute approximate surface area is 180 Å². The largest absolute Gasteiger partial charge is 0.371 e. The average molecular weight is 433 g/mol. The quantitative estimate of drug-likeness (QED) is 0.651. The molecule has 2 N–H and O–H groups in total. The standard InChI is InChI=1S/C21H21ClN4O2.ClH/c1-26-19(12-18(25-26)15-3-2-4-16(22)11-15)21(27)24-17-7-5-14(6-8-17)20-13-23-9-10-28-20;/h2-8,11-12,20,23H,9-10,13H2,1H3,(H,24,27);1H/t20-;/m1./s1. The molecule has 2 aromatic carbocycles. The molecule has 6 nitrogen and oxygen atoms in total. The van der Waals surface area contributed by atoms with Gasteiger partial charge in [0.15, 0.2) is 0 Å². The number of rotatable bonds is 4. The van der Waals surface area contributed by atoms with Gasteiger partial charge in [-0.1, -0.05) is 35.9 Å². The van der Waals surface area contributed by atoms with Gasteiger partial charge in [-0.25, -0.2) is 0 Å². The first-order valence-corrected chi connectivity index (χ1v) is 9.51. The van der Waals surface area contributed by atoms with Gasteiger partial charge in [0.05, 0.1) is 18.4 Å². The molecule has 2 heterocycles. The number of anilines is 1. The van der Waals surface area contributed by atoms with Crippen LogP contribution < -0.4 is 10.6 Å². The third kappa shape index (κ3) is 4.97. The Kier molecular flexibility index (Phi) is 6.92. The summed E-state index contributed by atoms with van der Waals surface area (Å²) in [6.07, 6.45) is 0.0517. The summed E-state index contributed by atoms with van der Waals surface area (Å²) in [5, 5.41) is 11.3. The number of carbonyl (C=O) groups excluding carboxylic acids is 1. The maximum absolute atomic E-state index is 12.7. The molecule has 0 bridgehead atoms. The highest BCUT2D eigenvalue weighted by Gasteiger charge is 2.17. The van der Waals surface area contributed by atoms with E-state index in [4.69, 9.17) is 16.3 Å². The topological polar surface area (TPSA) is 68.2 Å². The van der Waals surface area contributed by atoms with Crippen molar-refractivity contribution < 1.29 is 9.53 Å². The molecule has 0 radical (unpaired) electrons. The molecule has 8 heteroatoms. The number of aromatic nitrogens is 2. The molecule has 0 spiro atoms. The number of hydrogen-bond donors (Lipinski definition) is 2. The minimum Gasteiger partial charge on any atom is -0.371 e. The molecule has 4 rings (SSSR count). The number of aryl methyl sites for hydroxylation is 1. The van der Waals surface area contributed by atoms with Crippen molar-refractivity contribution in [2.24, 2.45) is 7.05 Å². The Morgan fingerprint density at radius 2 is 2.03 bits per heavy atom. The summed E-state index contributed by atoms with van der Waals surface area (Å²) in [6, 6.07) is 16.9. The first kappa shape index (κ1) is 21.3. The van der Waals surface area contributed by atoms with Gasteiger partial charge in [0.2, 0.25) is 0 Å². The molecule has 152 valence electrons. The van der Waals surface area contributed by atoms with Crippen molar-refractivity contribution in [1.82, 2.24) is 15.1 Å². The zero-order chi connectivity index (χ0) is 19.5. The van der Waals surface area contributed by atoms with Crippen LogP contribution in [0.4, 0.5) is 5.69 Å². The van der Waals surface area contributed by atoms with Gasteiger partial charge >= 0.3 is 0 Å². The fraction of sp³-hybridized carbons (Fsp3) is 0.238. The number of ether oxygens (including phenoxy) is 1. The first-order chi connectivity index (χ1) is 13.6. The van der Waals surface area contributed by atoms with Gasteiger partial charge in [-0.2, -0.15) is 5.10 Å². The van der Waals surface area contributed by atoms with Gasteiger partial charge in [-0.05, 0) is 35.9 Å². The van der Waals surface area contributed by atoms with Crippen molar-refractivity contribution >= 4 is 35.6 Å². The van der Waals surface area contributed by atoms with Gasteiger partial charge in [0, 0.05) is 36.4 Å². The van der Waals surface area contributed by atoms with E-state index in [-0.39, 0.29) is 24.4 Å². The van der Waals surface area contributed by atoms with Crippen molar-refractivity contribution in [2.45, 2.75) is 6.10 Å². The lowest BCUT2D eigenvalue weighted by molar-refractivity contribution is 0.0277. The molecule has 1 aliphatic heterocycles. The molecule has 1 atom stereocenters. The van der Waals surface area contributed by atoms with Gasteiger partial charge in [0.25, 0.3) is 5.91 Å². The second-order valence-corrected chi connectivity index (χ2v) is 7.12. The molecular weight excluding hydrogens is 411 g/mol. The van der Waals surface area contributed by atoms with Crippen LogP contribution in [0.5, 0.6) is 0 Å². The summed E-state index contributed by atoms with van der Waals surface area (Å²) in [6.45, 7) is 2.39. The number of amides is 1. The van der Waals surface area contributed by atoms with E-state index in [0.29, 0.717) is 23.0 Å². The number of halogens is 2. The van der Waals surface area contributed by atoms with Crippen molar-refractivity contribution in [1.29, 1.82) is 0 Å². The lowest BCUT2D eigenvalue weighted by atomic mass is 10.1. The van der Waals surface area contributed by atoms with Crippen molar-refractivity contribution in [3.63, 3.8) is 0 Å². The zero-order valence-corrected chi connectivity index (χ0v) is 17.5. The number of nitrogens with zero attached hydrogens (tertiary/aromatic N) is 2. The van der Waals surface area contributed by atoms with Crippen LogP contribution in [0.15, 0.2) is 54.6 Å². The van der Waals surface area contributed by atoms with Crippen LogP contribution in [0.2, 0.25) is 5.02 Å². The van der Waals surface area contributed by atoms with Crippen LogP contribution in [0.3, 0.4) is 0 Å². The normalized spacial score (nSPS) is 16.1. The highest BCUT2D eigenvalue weighted by Crippen LogP contribution is 2.24. The molecule has 0 saturated carbocycles. The minimum absolute atomic E-state index is 0. The molecule has 29 heavy (non-hydrogen) atoms. The Morgan fingerprint density at radius 1 is 1.24 bits per heavy atom. The molecule has 1 aromatic heterocycles. The van der Waals surface area contributed by atoms with Crippen LogP contribution >= 0.6 is 24.0 Å². The molecule has 0 aliphatic carbocycles. The van der Waals surface area contributed by atoms with Crippen molar-refractivity contribution in [3.8, 4) is 11.3 Å². The summed E-state index contributed by atoms with van der Waals surface area (Å²) in [5.41, 5.74) is 3.86. The lowest BCUT2D eigenvalue weighted by Crippen LogP contribution is -2.33. The number of hydrogen-bond acceptors (Lipinski definition) is 4. The molecule has 3 aromatic rings. The zero-order valence-electron chi connectivity index (χ0n) is 15.9. The second-order valence-electron chi connectivity index (χ2n) is 6.69. The molecule has 1 fully saturated rings. The minimum atomic E-state index is -0.216. The number of nitrogens with one attached hydrogen (secondary N) is 2. The number of morpholine rings is 1. The van der Waals surface area contributed by atoms with Crippen molar-refractivity contribution in [3.05, 3.63) is 70.9 Å². The van der Waals surface area contributed by atoms with E-state index in [9.17, 15) is 4.79 Å². The SMILES string of the molecule is Cl.Cn1nc(-c2cccc(Cl)c2)cc1C(=O)Nc1ccc([C@H]2CNCCO2)cc1. The maximum atomic E-state index is 12.7. The van der Waals surface area contributed by atoms with E-state index in [1.54, 1.807) is 23.9 Å². The van der Waals surface area contributed by atoms with Gasteiger partial charge in [-0.15, -0.1) is 12.4 Å². The summed E-state index contributed by atoms with van der Waals surface area (Å²) >= 11 is 6.05. The molecule has 1 saturated heterocycles. The third-order valence-electron chi connectivity index (χ3n) is 4.70. The number of benzene rings is 2. The number of carbonyl (C=O) groups is 1. The average Bonchev–Trinajstić information content (AvgIpc) is 3.11. The van der Waals surface area contributed by atoms with Crippen molar-refractivity contribution in [2.75, 3.05) is 25.0 Å². The van der Waals surface area contributed by atoms with Gasteiger partial charge < -0.3 is 15.4 Å². The van der Waals surface area contributed by atoms with E-state index >= 15 is 0 Å². The molecule has 1 aliphatic rings. The predicted molar refractivity (Wildman–Crippen MR) is 117 cm³/mol. The highest BCUT2D eigenvalue weighted by molar-refractivity contribution is 6.30. The highest BCUT2D eigenvalue weighted by atomic mass is 35.5. The monoisotopic (exact) mass is 432 g/mol. The Bertz CT molecular complexity index is 983. The van der Waals surface area contributed by atoms with E-state index in [2.05, 4.69) is 15.7 Å². The van der Waals surface area contributed by atoms with E-state index in [1.807, 2.05) is 42.5 Å². The summed E-state index contributed by atoms with van der Waals surface area (Å²) < 4.78 is 7.32. The van der Waals surface area contributed by atoms with Crippen LogP contribution in [-0.4, -0.2) is 35.4 Å². The Hall–Kier alpha value is -2.38. The van der Waals surface area contributed by atoms with Crippen LogP contribution in [0.1, 0.15) is 22.2 Å². The van der Waals surface area contributed by atoms with Crippen LogP contribution in [-0.2, 0) is 11.8 Å². The smallest absolute Gasteiger partial charge is 0.273 e. The molecule has 0 unspecified atom stereocenters. The summed E-state index contributed by atoms with van der Waals surface area (Å²) in [4.78, 5) is 12.7. The lowest BCUT2D eigenvalue weighted by Gasteiger charge is -2.24. The molecule has 1 amide bonds. The third-order valence-corrected chi connectivity index (χ3v) is 4.94. The van der Waals surface area contributed by atoms with E-state index in [1.165, 1.54) is 0 Å². The summed E-state index contributed by atoms with van der Waals surface area (Å²) in [5.74, 6) is -0.216. The fourth-order valence-corrected chi connectivity index (χ4v) is 3.41. The molecular formula is C21H22Cl2N4O2. The Morgan fingerprint density at radius 3 is 2.72 bits per heavy atom.